The third kappa shape index (κ3) is 5.06. The SMILES string of the molecule is S=C(Nc1ccc(N2CCCCCC2)nc1)NC1CCCCC1. The molecule has 1 saturated carbocycles. The maximum atomic E-state index is 5.43. The molecule has 2 fully saturated rings. The molecule has 23 heavy (non-hydrogen) atoms. The van der Waals surface area contributed by atoms with Crippen molar-refractivity contribution < 1.29 is 0 Å². The number of anilines is 2. The van der Waals surface area contributed by atoms with E-state index in [1.807, 2.05) is 6.20 Å². The van der Waals surface area contributed by atoms with E-state index in [1.54, 1.807) is 0 Å². The second-order valence-corrected chi connectivity index (χ2v) is 7.15. The molecule has 0 bridgehead atoms. The lowest BCUT2D eigenvalue weighted by Crippen LogP contribution is -2.38. The summed E-state index contributed by atoms with van der Waals surface area (Å²) in [4.78, 5) is 7.02. The highest BCUT2D eigenvalue weighted by Gasteiger charge is 2.14. The molecule has 2 heterocycles. The van der Waals surface area contributed by atoms with Gasteiger partial charge in [-0.3, -0.25) is 0 Å². The maximum absolute atomic E-state index is 5.43. The lowest BCUT2D eigenvalue weighted by atomic mass is 9.96. The number of nitrogens with zero attached hydrogens (tertiary/aromatic N) is 2. The van der Waals surface area contributed by atoms with Crippen molar-refractivity contribution in [3.8, 4) is 0 Å². The Bertz CT molecular complexity index is 488. The van der Waals surface area contributed by atoms with Gasteiger partial charge in [-0.1, -0.05) is 32.1 Å². The molecule has 1 aliphatic carbocycles. The fourth-order valence-corrected chi connectivity index (χ4v) is 3.83. The van der Waals surface area contributed by atoms with Gasteiger partial charge in [-0.25, -0.2) is 4.98 Å². The smallest absolute Gasteiger partial charge is 0.171 e. The molecule has 0 atom stereocenters. The lowest BCUT2D eigenvalue weighted by Gasteiger charge is -2.24. The molecule has 1 aromatic rings. The number of aromatic nitrogens is 1. The van der Waals surface area contributed by atoms with Crippen LogP contribution in [0.4, 0.5) is 11.5 Å². The average Bonchev–Trinajstić information content (AvgIpc) is 2.86. The summed E-state index contributed by atoms with van der Waals surface area (Å²) in [6.45, 7) is 2.25. The molecule has 4 nitrogen and oxygen atoms in total. The predicted octanol–water partition coefficient (Wildman–Crippen LogP) is 4.08. The fraction of sp³-hybridized carbons (Fsp3) is 0.667. The minimum Gasteiger partial charge on any atom is -0.360 e. The van der Waals surface area contributed by atoms with Crippen LogP contribution >= 0.6 is 12.2 Å². The van der Waals surface area contributed by atoms with E-state index in [2.05, 4.69) is 32.7 Å². The first-order valence-electron chi connectivity index (χ1n) is 9.10. The first kappa shape index (κ1) is 16.5. The molecule has 0 spiro atoms. The van der Waals surface area contributed by atoms with Gasteiger partial charge in [-0.05, 0) is 50.0 Å². The summed E-state index contributed by atoms with van der Waals surface area (Å²) in [6, 6.07) is 4.73. The molecule has 1 aromatic heterocycles. The standard InChI is InChI=1S/C18H28N4S/c23-18(20-15-8-4-3-5-9-15)21-16-10-11-17(19-14-16)22-12-6-1-2-7-13-22/h10-11,14-15H,1-9,12-13H2,(H2,20,21,23). The van der Waals surface area contributed by atoms with Gasteiger partial charge in [0, 0.05) is 19.1 Å². The zero-order valence-corrected chi connectivity index (χ0v) is 14.7. The summed E-state index contributed by atoms with van der Waals surface area (Å²) in [5.74, 6) is 1.09. The normalized spacial score (nSPS) is 19.9. The zero-order chi connectivity index (χ0) is 15.9. The van der Waals surface area contributed by atoms with Crippen LogP contribution in [-0.4, -0.2) is 29.2 Å². The van der Waals surface area contributed by atoms with Crippen LogP contribution in [-0.2, 0) is 0 Å². The van der Waals surface area contributed by atoms with Crippen molar-refractivity contribution in [2.45, 2.75) is 63.8 Å². The highest BCUT2D eigenvalue weighted by molar-refractivity contribution is 7.80. The van der Waals surface area contributed by atoms with Crippen molar-refractivity contribution in [1.82, 2.24) is 10.3 Å². The van der Waals surface area contributed by atoms with Crippen molar-refractivity contribution >= 4 is 28.8 Å². The Hall–Kier alpha value is -1.36. The van der Waals surface area contributed by atoms with Crippen molar-refractivity contribution in [1.29, 1.82) is 0 Å². The van der Waals surface area contributed by atoms with Crippen molar-refractivity contribution in [3.63, 3.8) is 0 Å². The molecule has 0 radical (unpaired) electrons. The summed E-state index contributed by atoms with van der Waals surface area (Å²) in [5.41, 5.74) is 0.969. The molecular formula is C18H28N4S. The molecule has 2 aliphatic rings. The van der Waals surface area contributed by atoms with E-state index in [9.17, 15) is 0 Å². The van der Waals surface area contributed by atoms with Crippen LogP contribution in [0.25, 0.3) is 0 Å². The first-order chi connectivity index (χ1) is 11.3. The summed E-state index contributed by atoms with van der Waals surface area (Å²) in [6.07, 6.45) is 13.6. The van der Waals surface area contributed by atoms with Gasteiger partial charge in [0.25, 0.3) is 0 Å². The second-order valence-electron chi connectivity index (χ2n) is 6.74. The number of thiocarbonyl (C=S) groups is 1. The van der Waals surface area contributed by atoms with Gasteiger partial charge in [0.05, 0.1) is 11.9 Å². The molecule has 1 saturated heterocycles. The quantitative estimate of drug-likeness (QED) is 0.816. The van der Waals surface area contributed by atoms with E-state index in [0.29, 0.717) is 6.04 Å². The minimum atomic E-state index is 0.535. The summed E-state index contributed by atoms with van der Waals surface area (Å²) in [5, 5.41) is 7.43. The molecule has 2 N–H and O–H groups in total. The third-order valence-electron chi connectivity index (χ3n) is 4.88. The number of nitrogens with one attached hydrogen (secondary N) is 2. The molecule has 3 rings (SSSR count). The molecule has 0 unspecified atom stereocenters. The maximum Gasteiger partial charge on any atom is 0.171 e. The van der Waals surface area contributed by atoms with Gasteiger partial charge in [0.15, 0.2) is 5.11 Å². The van der Waals surface area contributed by atoms with Crippen LogP contribution in [0.5, 0.6) is 0 Å². The average molecular weight is 333 g/mol. The Labute approximate surface area is 145 Å². The van der Waals surface area contributed by atoms with Crippen LogP contribution < -0.4 is 15.5 Å². The van der Waals surface area contributed by atoms with Gasteiger partial charge in [0.1, 0.15) is 5.82 Å². The van der Waals surface area contributed by atoms with Gasteiger partial charge < -0.3 is 15.5 Å². The lowest BCUT2D eigenvalue weighted by molar-refractivity contribution is 0.415. The highest BCUT2D eigenvalue weighted by Crippen LogP contribution is 2.20. The van der Waals surface area contributed by atoms with Gasteiger partial charge >= 0.3 is 0 Å². The predicted molar refractivity (Wildman–Crippen MR) is 101 cm³/mol. The Kier molecular flexibility index (Phi) is 6.08. The van der Waals surface area contributed by atoms with Gasteiger partial charge in [-0.2, -0.15) is 0 Å². The summed E-state index contributed by atoms with van der Waals surface area (Å²) < 4.78 is 0. The second kappa shape index (κ2) is 8.48. The molecule has 1 aliphatic heterocycles. The van der Waals surface area contributed by atoms with Gasteiger partial charge in [0.2, 0.25) is 0 Å². The van der Waals surface area contributed by atoms with E-state index in [4.69, 9.17) is 12.2 Å². The van der Waals surface area contributed by atoms with Crippen LogP contribution in [0.3, 0.4) is 0 Å². The molecule has 0 aromatic carbocycles. The van der Waals surface area contributed by atoms with E-state index >= 15 is 0 Å². The Morgan fingerprint density at radius 1 is 1.00 bits per heavy atom. The summed E-state index contributed by atoms with van der Waals surface area (Å²) in [7, 11) is 0. The van der Waals surface area contributed by atoms with Crippen molar-refractivity contribution in [2.24, 2.45) is 0 Å². The Morgan fingerprint density at radius 2 is 1.70 bits per heavy atom. The number of hydrogen-bond donors (Lipinski definition) is 2. The van der Waals surface area contributed by atoms with Crippen LogP contribution in [0.2, 0.25) is 0 Å². The summed E-state index contributed by atoms with van der Waals surface area (Å²) >= 11 is 5.43. The number of hydrogen-bond acceptors (Lipinski definition) is 3. The number of pyridine rings is 1. The number of rotatable bonds is 3. The van der Waals surface area contributed by atoms with E-state index in [1.165, 1.54) is 57.8 Å². The van der Waals surface area contributed by atoms with Crippen molar-refractivity contribution in [3.05, 3.63) is 18.3 Å². The van der Waals surface area contributed by atoms with Crippen LogP contribution in [0.1, 0.15) is 57.8 Å². The van der Waals surface area contributed by atoms with Crippen LogP contribution in [0, 0.1) is 0 Å². The van der Waals surface area contributed by atoms with E-state index in [0.717, 1.165) is 29.7 Å². The zero-order valence-electron chi connectivity index (χ0n) is 13.9. The minimum absolute atomic E-state index is 0.535. The Morgan fingerprint density at radius 3 is 2.35 bits per heavy atom. The molecule has 5 heteroatoms. The van der Waals surface area contributed by atoms with Crippen molar-refractivity contribution in [2.75, 3.05) is 23.3 Å². The van der Waals surface area contributed by atoms with E-state index < -0.39 is 0 Å². The van der Waals surface area contributed by atoms with Crippen LogP contribution in [0.15, 0.2) is 18.3 Å². The highest BCUT2D eigenvalue weighted by atomic mass is 32.1. The fourth-order valence-electron chi connectivity index (χ4n) is 3.55. The molecule has 126 valence electrons. The Balaban J connectivity index is 1.51. The first-order valence-corrected chi connectivity index (χ1v) is 9.50. The topological polar surface area (TPSA) is 40.2 Å². The van der Waals surface area contributed by atoms with E-state index in [-0.39, 0.29) is 0 Å². The van der Waals surface area contributed by atoms with Gasteiger partial charge in [-0.15, -0.1) is 0 Å². The molecule has 0 amide bonds. The third-order valence-corrected chi connectivity index (χ3v) is 5.10. The largest absolute Gasteiger partial charge is 0.360 e. The monoisotopic (exact) mass is 332 g/mol. The molecular weight excluding hydrogens is 304 g/mol.